The number of rotatable bonds is 8. The molecule has 0 radical (unpaired) electrons. The van der Waals surface area contributed by atoms with E-state index in [2.05, 4.69) is 17.2 Å². The van der Waals surface area contributed by atoms with Gasteiger partial charge in [-0.2, -0.15) is 0 Å². The molecule has 0 saturated carbocycles. The first-order valence-corrected chi connectivity index (χ1v) is 10.6. The number of fused-ring (bicyclic) bond motifs is 1. The first-order valence-electron chi connectivity index (χ1n) is 9.62. The molecule has 1 heterocycles. The molecule has 29 heavy (non-hydrogen) atoms. The number of thioether (sulfide) groups is 1. The van der Waals surface area contributed by atoms with Crippen molar-refractivity contribution in [1.29, 1.82) is 0 Å². The fourth-order valence-corrected chi connectivity index (χ4v) is 3.96. The number of amides is 1. The molecule has 3 aromatic rings. The number of hydrogen-bond acceptors (Lipinski definition) is 5. The van der Waals surface area contributed by atoms with Crippen LogP contribution in [0.15, 0.2) is 58.5 Å². The molecule has 7 heteroatoms. The zero-order valence-electron chi connectivity index (χ0n) is 16.8. The van der Waals surface area contributed by atoms with Gasteiger partial charge in [0, 0.05) is 12.1 Å². The van der Waals surface area contributed by atoms with Crippen molar-refractivity contribution >= 4 is 28.6 Å². The number of ether oxygens (including phenoxy) is 1. The van der Waals surface area contributed by atoms with Gasteiger partial charge in [0.1, 0.15) is 5.75 Å². The second kappa shape index (κ2) is 9.60. The Labute approximate surface area is 174 Å². The number of hydrogen-bond donors (Lipinski definition) is 1. The van der Waals surface area contributed by atoms with Gasteiger partial charge in [0.2, 0.25) is 5.91 Å². The molecule has 1 N–H and O–H groups in total. The van der Waals surface area contributed by atoms with Gasteiger partial charge in [0.15, 0.2) is 5.16 Å². The molecule has 0 aliphatic rings. The van der Waals surface area contributed by atoms with Crippen LogP contribution in [0.4, 0.5) is 0 Å². The number of aromatic nitrogens is 2. The Bertz CT molecular complexity index is 1060. The molecular formula is C22H25N3O3S. The Morgan fingerprint density at radius 2 is 2.03 bits per heavy atom. The maximum Gasteiger partial charge on any atom is 0.266 e. The monoisotopic (exact) mass is 411 g/mol. The van der Waals surface area contributed by atoms with Crippen LogP contribution in [0.3, 0.4) is 0 Å². The number of methoxy groups -OCH3 is 1. The average Bonchev–Trinajstić information content (AvgIpc) is 2.72. The van der Waals surface area contributed by atoms with Crippen molar-refractivity contribution in [2.45, 2.75) is 37.9 Å². The van der Waals surface area contributed by atoms with E-state index in [-0.39, 0.29) is 23.3 Å². The molecule has 1 aromatic heterocycles. The van der Waals surface area contributed by atoms with Gasteiger partial charge in [-0.15, -0.1) is 0 Å². The minimum atomic E-state index is -0.175. The molecule has 0 spiro atoms. The van der Waals surface area contributed by atoms with Gasteiger partial charge in [-0.25, -0.2) is 4.98 Å². The molecule has 1 atom stereocenters. The Kier molecular flexibility index (Phi) is 6.93. The molecule has 1 unspecified atom stereocenters. The van der Waals surface area contributed by atoms with Crippen LogP contribution in [0.2, 0.25) is 0 Å². The Morgan fingerprint density at radius 3 is 2.79 bits per heavy atom. The predicted octanol–water partition coefficient (Wildman–Crippen LogP) is 3.79. The summed E-state index contributed by atoms with van der Waals surface area (Å²) < 4.78 is 6.84. The van der Waals surface area contributed by atoms with Crippen molar-refractivity contribution < 1.29 is 9.53 Å². The van der Waals surface area contributed by atoms with E-state index < -0.39 is 0 Å². The second-order valence-corrected chi connectivity index (χ2v) is 7.74. The fraction of sp³-hybridized carbons (Fsp3) is 0.318. The van der Waals surface area contributed by atoms with E-state index >= 15 is 0 Å². The smallest absolute Gasteiger partial charge is 0.266 e. The molecule has 152 valence electrons. The third-order valence-electron chi connectivity index (χ3n) is 4.52. The molecule has 0 aliphatic heterocycles. The van der Waals surface area contributed by atoms with Crippen molar-refractivity contribution in [3.8, 4) is 11.4 Å². The van der Waals surface area contributed by atoms with Crippen LogP contribution in [0.1, 0.15) is 26.7 Å². The number of nitrogens with zero attached hydrogens (tertiary/aromatic N) is 2. The quantitative estimate of drug-likeness (QED) is 0.451. The van der Waals surface area contributed by atoms with Crippen molar-refractivity contribution in [1.82, 2.24) is 14.9 Å². The number of benzene rings is 2. The van der Waals surface area contributed by atoms with Gasteiger partial charge in [0.05, 0.1) is 29.5 Å². The minimum absolute atomic E-state index is 0.0736. The highest BCUT2D eigenvalue weighted by molar-refractivity contribution is 7.99. The molecule has 0 bridgehead atoms. The lowest BCUT2D eigenvalue weighted by Gasteiger charge is -2.15. The molecule has 6 nitrogen and oxygen atoms in total. The summed E-state index contributed by atoms with van der Waals surface area (Å²) in [5.74, 6) is 0.753. The first kappa shape index (κ1) is 20.9. The maximum absolute atomic E-state index is 13.2. The lowest BCUT2D eigenvalue weighted by Crippen LogP contribution is -2.34. The lowest BCUT2D eigenvalue weighted by molar-refractivity contribution is -0.119. The van der Waals surface area contributed by atoms with Crippen LogP contribution in [-0.2, 0) is 4.79 Å². The Hall–Kier alpha value is -2.80. The summed E-state index contributed by atoms with van der Waals surface area (Å²) in [6.07, 6.45) is 1.94. The normalized spacial score (nSPS) is 12.0. The second-order valence-electron chi connectivity index (χ2n) is 6.80. The molecule has 0 aliphatic carbocycles. The molecule has 3 rings (SSSR count). The fourth-order valence-electron chi connectivity index (χ4n) is 3.14. The summed E-state index contributed by atoms with van der Waals surface area (Å²) in [6.45, 7) is 4.08. The molecular weight excluding hydrogens is 386 g/mol. The Morgan fingerprint density at radius 1 is 1.24 bits per heavy atom. The zero-order chi connectivity index (χ0) is 20.8. The SMILES string of the molecule is CCCC(C)NC(=O)CSc1nc2ccccc2c(=O)n1-c1cccc(OC)c1. The van der Waals surface area contributed by atoms with Crippen molar-refractivity contribution in [2.24, 2.45) is 0 Å². The van der Waals surface area contributed by atoms with Crippen LogP contribution in [0, 0.1) is 0 Å². The van der Waals surface area contributed by atoms with Gasteiger partial charge in [-0.05, 0) is 37.6 Å². The van der Waals surface area contributed by atoms with E-state index in [0.29, 0.717) is 27.5 Å². The third-order valence-corrected chi connectivity index (χ3v) is 5.46. The van der Waals surface area contributed by atoms with E-state index in [4.69, 9.17) is 4.74 Å². The molecule has 0 saturated heterocycles. The summed E-state index contributed by atoms with van der Waals surface area (Å²) >= 11 is 1.25. The van der Waals surface area contributed by atoms with Gasteiger partial charge in [0.25, 0.3) is 5.56 Å². The third kappa shape index (κ3) is 4.98. The number of carbonyl (C=O) groups excluding carboxylic acids is 1. The predicted molar refractivity (Wildman–Crippen MR) is 117 cm³/mol. The number of para-hydroxylation sites is 1. The van der Waals surface area contributed by atoms with E-state index in [9.17, 15) is 9.59 Å². The highest BCUT2D eigenvalue weighted by Gasteiger charge is 2.16. The standard InChI is InChI=1S/C22H25N3O3S/c1-4-8-15(2)23-20(26)14-29-22-24-19-12-6-5-11-18(19)21(27)25(22)16-9-7-10-17(13-16)28-3/h5-7,9-13,15H,4,8,14H2,1-3H3,(H,23,26). The van der Waals surface area contributed by atoms with E-state index in [0.717, 1.165) is 12.8 Å². The topological polar surface area (TPSA) is 73.2 Å². The van der Waals surface area contributed by atoms with E-state index in [1.807, 2.05) is 37.3 Å². The van der Waals surface area contributed by atoms with E-state index in [1.54, 1.807) is 25.3 Å². The lowest BCUT2D eigenvalue weighted by atomic mass is 10.2. The Balaban J connectivity index is 1.98. The van der Waals surface area contributed by atoms with Crippen molar-refractivity contribution in [3.63, 3.8) is 0 Å². The van der Waals surface area contributed by atoms with E-state index in [1.165, 1.54) is 16.3 Å². The van der Waals surface area contributed by atoms with Crippen LogP contribution in [0.25, 0.3) is 16.6 Å². The van der Waals surface area contributed by atoms with Crippen LogP contribution < -0.4 is 15.6 Å². The number of carbonyl (C=O) groups is 1. The summed E-state index contributed by atoms with van der Waals surface area (Å²) in [5, 5.41) is 3.99. The van der Waals surface area contributed by atoms with Gasteiger partial charge in [-0.1, -0.05) is 43.3 Å². The largest absolute Gasteiger partial charge is 0.497 e. The van der Waals surface area contributed by atoms with Crippen molar-refractivity contribution in [3.05, 3.63) is 58.9 Å². The summed E-state index contributed by atoms with van der Waals surface area (Å²) in [6, 6.07) is 14.6. The highest BCUT2D eigenvalue weighted by Crippen LogP contribution is 2.23. The first-order chi connectivity index (χ1) is 14.0. The minimum Gasteiger partial charge on any atom is -0.497 e. The maximum atomic E-state index is 13.2. The summed E-state index contributed by atoms with van der Waals surface area (Å²) in [5.41, 5.74) is 1.08. The van der Waals surface area contributed by atoms with Crippen molar-refractivity contribution in [2.75, 3.05) is 12.9 Å². The summed E-state index contributed by atoms with van der Waals surface area (Å²) in [4.78, 5) is 30.2. The van der Waals surface area contributed by atoms with Gasteiger partial charge < -0.3 is 10.1 Å². The van der Waals surface area contributed by atoms with Crippen LogP contribution >= 0.6 is 11.8 Å². The van der Waals surface area contributed by atoms with Crippen LogP contribution in [0.5, 0.6) is 5.75 Å². The number of nitrogens with one attached hydrogen (secondary N) is 1. The van der Waals surface area contributed by atoms with Crippen LogP contribution in [-0.4, -0.2) is 34.4 Å². The highest BCUT2D eigenvalue weighted by atomic mass is 32.2. The average molecular weight is 412 g/mol. The zero-order valence-corrected chi connectivity index (χ0v) is 17.7. The van der Waals surface area contributed by atoms with Gasteiger partial charge in [-0.3, -0.25) is 14.2 Å². The molecule has 2 aromatic carbocycles. The van der Waals surface area contributed by atoms with Gasteiger partial charge >= 0.3 is 0 Å². The summed E-state index contributed by atoms with van der Waals surface area (Å²) in [7, 11) is 1.58. The molecule has 1 amide bonds. The molecule has 0 fully saturated rings.